The van der Waals surface area contributed by atoms with Crippen LogP contribution in [0.4, 0.5) is 20.2 Å². The van der Waals surface area contributed by atoms with Gasteiger partial charge in [0.25, 0.3) is 11.8 Å². The van der Waals surface area contributed by atoms with Crippen molar-refractivity contribution >= 4 is 107 Å². The second-order valence-electron chi connectivity index (χ2n) is 18.0. The summed E-state index contributed by atoms with van der Waals surface area (Å²) in [6, 6.07) is 50.9. The topological polar surface area (TPSA) is 105 Å². The average Bonchev–Trinajstić information content (AvgIpc) is 4.02. The van der Waals surface area contributed by atoms with Gasteiger partial charge < -0.3 is 29.7 Å². The number of aliphatic hydroxyl groups is 1. The Morgan fingerprint density at radius 1 is 0.579 bits per heavy atom. The van der Waals surface area contributed by atoms with E-state index >= 15 is 0 Å². The summed E-state index contributed by atoms with van der Waals surface area (Å²) in [5.41, 5.74) is 10.8. The molecule has 8 aromatic rings. The molecule has 8 rings (SSSR count). The van der Waals surface area contributed by atoms with Crippen molar-refractivity contribution < 1.29 is 37.7 Å². The first-order valence-electron chi connectivity index (χ1n) is 24.5. The number of nitrogens with zero attached hydrogens (tertiary/aromatic N) is 2. The molecule has 76 heavy (non-hydrogen) atoms. The van der Waals surface area contributed by atoms with E-state index in [2.05, 4.69) is 117 Å². The number of nitrogens with one attached hydrogen (secondary N) is 2. The fraction of sp³-hybridized carbons (Fsp3) is 0.197. The number of amides is 2. The Kier molecular flexibility index (Phi) is 26.6. The normalized spacial score (nSPS) is 11.0. The van der Waals surface area contributed by atoms with Gasteiger partial charge in [-0.25, -0.2) is 8.78 Å². The fourth-order valence-electron chi connectivity index (χ4n) is 9.19. The molecule has 2 aromatic heterocycles. The molecule has 0 saturated heterocycles. The summed E-state index contributed by atoms with van der Waals surface area (Å²) in [6.07, 6.45) is 3.31. The number of aldehydes is 1. The minimum atomic E-state index is -0.553. The van der Waals surface area contributed by atoms with E-state index < -0.39 is 6.10 Å². The summed E-state index contributed by atoms with van der Waals surface area (Å²) in [5, 5.41) is 16.6. The quantitative estimate of drug-likeness (QED) is 0.0452. The number of hydrogen-bond donors (Lipinski definition) is 3. The Balaban J connectivity index is 0.000000260. The molecule has 15 heteroatoms. The summed E-state index contributed by atoms with van der Waals surface area (Å²) in [6.45, 7) is 12.9. The summed E-state index contributed by atoms with van der Waals surface area (Å²) < 4.78 is 31.9. The SMILES string of the molecule is C=CC[C@@H](O)CCn1c(-c2ccc(F)cc2)c(-c2ccccc2)c(C(=O)Nc2ccccc2)c1C(C)C.CC(C)c1c(C(=O)Nc2ccccc2)c(-c2ccccc2)c(-c2ccc(F)cc2)n1CCC=O.II.[I][V][I]. The van der Waals surface area contributed by atoms with Crippen LogP contribution < -0.4 is 10.6 Å². The summed E-state index contributed by atoms with van der Waals surface area (Å²) in [5.74, 6) is -1.08. The van der Waals surface area contributed by atoms with E-state index in [4.69, 9.17) is 0 Å². The van der Waals surface area contributed by atoms with E-state index in [1.807, 2.05) is 135 Å². The number of benzene rings is 6. The van der Waals surface area contributed by atoms with Crippen molar-refractivity contribution in [2.45, 2.75) is 78.0 Å². The monoisotopic (exact) mass is 1510 g/mol. The molecule has 0 aliphatic heterocycles. The van der Waals surface area contributed by atoms with Crippen molar-refractivity contribution in [3.63, 3.8) is 0 Å². The van der Waals surface area contributed by atoms with Crippen molar-refractivity contribution in [3.05, 3.63) is 217 Å². The molecule has 8 nitrogen and oxygen atoms in total. The van der Waals surface area contributed by atoms with Crippen molar-refractivity contribution in [2.24, 2.45) is 0 Å². The van der Waals surface area contributed by atoms with E-state index in [1.54, 1.807) is 30.3 Å². The molecule has 0 fully saturated rings. The molecule has 0 saturated carbocycles. The third-order valence-electron chi connectivity index (χ3n) is 12.2. The average molecular weight is 1510 g/mol. The second kappa shape index (κ2) is 32.5. The molecule has 395 valence electrons. The third kappa shape index (κ3) is 16.8. The van der Waals surface area contributed by atoms with Gasteiger partial charge in [0.2, 0.25) is 0 Å². The van der Waals surface area contributed by atoms with Crippen LogP contribution in [0.3, 0.4) is 0 Å². The van der Waals surface area contributed by atoms with Gasteiger partial charge in [0.15, 0.2) is 0 Å². The van der Waals surface area contributed by atoms with E-state index in [1.165, 1.54) is 24.3 Å². The van der Waals surface area contributed by atoms with Crippen LogP contribution in [0.2, 0.25) is 0 Å². The van der Waals surface area contributed by atoms with Crippen LogP contribution in [0.15, 0.2) is 183 Å². The number of carbonyl (C=O) groups is 3. The predicted octanol–water partition coefficient (Wildman–Crippen LogP) is 18.1. The molecule has 2 amide bonds. The Hall–Kier alpha value is -4.45. The zero-order chi connectivity index (χ0) is 55.1. The van der Waals surface area contributed by atoms with Crippen molar-refractivity contribution in [2.75, 3.05) is 10.6 Å². The number of rotatable bonds is 18. The first kappa shape index (κ1) is 62.4. The molecule has 6 aromatic carbocycles. The van der Waals surface area contributed by atoms with Gasteiger partial charge >= 0.3 is 49.4 Å². The molecule has 1 atom stereocenters. The van der Waals surface area contributed by atoms with Gasteiger partial charge in [0.05, 0.1) is 28.6 Å². The number of hydrogen-bond acceptors (Lipinski definition) is 4. The Labute approximate surface area is 498 Å². The van der Waals surface area contributed by atoms with Crippen molar-refractivity contribution in [1.82, 2.24) is 9.13 Å². The van der Waals surface area contributed by atoms with Crippen molar-refractivity contribution in [1.29, 1.82) is 0 Å². The third-order valence-corrected chi connectivity index (χ3v) is 12.2. The van der Waals surface area contributed by atoms with E-state index in [0.29, 0.717) is 64.3 Å². The van der Waals surface area contributed by atoms with Crippen LogP contribution in [0.5, 0.6) is 0 Å². The van der Waals surface area contributed by atoms with Crippen LogP contribution in [0, 0.1) is 11.6 Å². The van der Waals surface area contributed by atoms with Gasteiger partial charge in [-0.3, -0.25) is 9.59 Å². The molecule has 0 aliphatic carbocycles. The van der Waals surface area contributed by atoms with E-state index in [-0.39, 0.29) is 35.3 Å². The number of aromatic nitrogens is 2. The standard InChI is InChI=1S/C32H33FN2O2.C29H27FN2O2.I2.2HI.V/c1-4-11-27(36)20-21-35-30(22(2)3)29(32(37)34-26-14-9-6-10-15-26)28(23-12-7-5-8-13-23)31(35)24-16-18-25(33)19-17-24;1-20(2)27-26(29(34)31-24-12-7-4-8-13-24)25(21-10-5-3-6-11-21)28(32(27)18-9-19-33)22-14-16-23(30)17-15-22;1-2;;;/h4-10,12-19,22,27,36H,1,11,20-21H2,2-3H3,(H,34,37);3-8,10-17,19-20H,9,18H2,1-2H3,(H,31,34);;2*1H;/q;;;;;+2/p-2/t27-;;;;;/m1...../s1. The number of halogens is 6. The Bertz CT molecular complexity index is 3090. The van der Waals surface area contributed by atoms with Crippen LogP contribution in [0.25, 0.3) is 44.8 Å². The maximum absolute atomic E-state index is 14.0. The molecule has 0 unspecified atom stereocenters. The minimum absolute atomic E-state index is 0.000152. The second-order valence-corrected chi connectivity index (χ2v) is 29.7. The fourth-order valence-corrected chi connectivity index (χ4v) is 9.19. The van der Waals surface area contributed by atoms with Gasteiger partial charge in [-0.05, 0) is 120 Å². The molecule has 0 spiro atoms. The number of anilines is 2. The number of aliphatic hydroxyl groups excluding tert-OH is 1. The van der Waals surface area contributed by atoms with Gasteiger partial charge in [-0.15, -0.1) is 6.58 Å². The summed E-state index contributed by atoms with van der Waals surface area (Å²) >= 11 is 8.98. The Morgan fingerprint density at radius 2 is 0.921 bits per heavy atom. The zero-order valence-electron chi connectivity index (χ0n) is 42.6. The van der Waals surface area contributed by atoms with Crippen LogP contribution in [-0.2, 0) is 27.3 Å². The molecule has 0 bridgehead atoms. The first-order chi connectivity index (χ1) is 36.8. The van der Waals surface area contributed by atoms with Crippen LogP contribution >= 0.6 is 77.2 Å². The van der Waals surface area contributed by atoms with Gasteiger partial charge in [-0.1, -0.05) is 131 Å². The molecule has 0 aliphatic rings. The Morgan fingerprint density at radius 3 is 1.25 bits per heavy atom. The van der Waals surface area contributed by atoms with Crippen molar-refractivity contribution in [3.8, 4) is 44.8 Å². The number of carbonyl (C=O) groups excluding carboxylic acids is 3. The van der Waals surface area contributed by atoms with E-state index in [0.717, 1.165) is 62.4 Å². The first-order valence-corrected chi connectivity index (χ1v) is 39.8. The van der Waals surface area contributed by atoms with Crippen LogP contribution in [0.1, 0.15) is 90.9 Å². The molecule has 3 N–H and O–H groups in total. The van der Waals surface area contributed by atoms with Gasteiger partial charge in [-0.2, -0.15) is 0 Å². The molecule has 0 radical (unpaired) electrons. The molecular formula is C61H60F2I4N4O4V. The predicted molar refractivity (Wildman–Crippen MR) is 340 cm³/mol. The number of para-hydroxylation sites is 2. The summed E-state index contributed by atoms with van der Waals surface area (Å²) in [7, 11) is 0.628. The molecular weight excluding hydrogens is 1450 g/mol. The van der Waals surface area contributed by atoms with Gasteiger partial charge in [0, 0.05) is 90.6 Å². The van der Waals surface area contributed by atoms with Crippen LogP contribution in [-0.4, -0.2) is 38.4 Å². The summed E-state index contributed by atoms with van der Waals surface area (Å²) in [4.78, 5) is 39.1. The maximum atomic E-state index is 14.0. The van der Waals surface area contributed by atoms with E-state index in [9.17, 15) is 28.3 Å². The zero-order valence-corrected chi connectivity index (χ0v) is 52.6. The van der Waals surface area contributed by atoms with Gasteiger partial charge in [0.1, 0.15) is 17.9 Å². The molecule has 2 heterocycles.